The Hall–Kier alpha value is -3.54. The van der Waals surface area contributed by atoms with Gasteiger partial charge < -0.3 is 0 Å². The van der Waals surface area contributed by atoms with Crippen molar-refractivity contribution in [1.82, 2.24) is 19.4 Å². The molecular formula is C21H14BrF4N5O2. The first kappa shape index (κ1) is 22.6. The number of carbonyl (C=O) groups is 1. The molecule has 0 aliphatic carbocycles. The maximum absolute atomic E-state index is 14.5. The second kappa shape index (κ2) is 8.43. The molecule has 4 aromatic rings. The predicted octanol–water partition coefficient (Wildman–Crippen LogP) is 4.26. The Labute approximate surface area is 191 Å². The summed E-state index contributed by atoms with van der Waals surface area (Å²) in [5.41, 5.74) is 0.770. The van der Waals surface area contributed by atoms with Crippen LogP contribution in [0, 0.1) is 12.7 Å². The third kappa shape index (κ3) is 4.25. The number of carbonyl (C=O) groups excluding carboxylic acids is 1. The smallest absolute Gasteiger partial charge is 0.271 e. The van der Waals surface area contributed by atoms with Gasteiger partial charge in [-0.2, -0.15) is 22.9 Å². The van der Waals surface area contributed by atoms with Crippen LogP contribution in [0.1, 0.15) is 11.4 Å². The van der Waals surface area contributed by atoms with Crippen LogP contribution in [0.4, 0.5) is 17.6 Å². The van der Waals surface area contributed by atoms with Gasteiger partial charge in [-0.1, -0.05) is 24.3 Å². The summed E-state index contributed by atoms with van der Waals surface area (Å²) in [4.78, 5) is 30.1. The summed E-state index contributed by atoms with van der Waals surface area (Å²) in [5, 5.41) is 3.61. The molecule has 0 fully saturated rings. The third-order valence-electron chi connectivity index (χ3n) is 4.82. The van der Waals surface area contributed by atoms with E-state index in [9.17, 15) is 27.2 Å². The van der Waals surface area contributed by atoms with Crippen molar-refractivity contribution < 1.29 is 22.4 Å². The highest BCUT2D eigenvalue weighted by Gasteiger charge is 2.38. The van der Waals surface area contributed by atoms with Crippen molar-refractivity contribution in [2.75, 3.05) is 5.43 Å². The van der Waals surface area contributed by atoms with Gasteiger partial charge in [0.1, 0.15) is 12.4 Å². The van der Waals surface area contributed by atoms with Crippen molar-refractivity contribution in [1.29, 1.82) is 0 Å². The van der Waals surface area contributed by atoms with Gasteiger partial charge in [0.2, 0.25) is 0 Å². The van der Waals surface area contributed by atoms with Gasteiger partial charge in [-0.25, -0.2) is 9.37 Å². The maximum Gasteiger partial charge on any atom is 0.436 e. The van der Waals surface area contributed by atoms with Crippen molar-refractivity contribution in [2.45, 2.75) is 19.6 Å². The lowest BCUT2D eigenvalue weighted by molar-refractivity contribution is -0.142. The molecule has 170 valence electrons. The number of hydrogen-bond donors (Lipinski definition) is 1. The van der Waals surface area contributed by atoms with Gasteiger partial charge >= 0.3 is 6.18 Å². The van der Waals surface area contributed by atoms with Gasteiger partial charge in [0.15, 0.2) is 11.5 Å². The van der Waals surface area contributed by atoms with Crippen molar-refractivity contribution in [3.05, 3.63) is 80.6 Å². The van der Waals surface area contributed by atoms with Gasteiger partial charge in [0.05, 0.1) is 26.6 Å². The Morgan fingerprint density at radius 2 is 1.79 bits per heavy atom. The topological polar surface area (TPSA) is 81.8 Å². The molecule has 2 heterocycles. The fourth-order valence-corrected chi connectivity index (χ4v) is 3.72. The summed E-state index contributed by atoms with van der Waals surface area (Å²) in [6.07, 6.45) is -4.72. The van der Waals surface area contributed by atoms with Crippen molar-refractivity contribution >= 4 is 32.7 Å². The summed E-state index contributed by atoms with van der Waals surface area (Å²) in [5.74, 6) is -1.71. The zero-order valence-electron chi connectivity index (χ0n) is 16.8. The van der Waals surface area contributed by atoms with Crippen LogP contribution in [0.2, 0.25) is 0 Å². The van der Waals surface area contributed by atoms with E-state index in [0.717, 1.165) is 9.36 Å². The molecule has 0 unspecified atom stereocenters. The first-order valence-electron chi connectivity index (χ1n) is 9.44. The molecule has 7 nitrogen and oxygen atoms in total. The molecule has 33 heavy (non-hydrogen) atoms. The molecule has 0 aliphatic rings. The number of rotatable bonds is 4. The minimum atomic E-state index is -4.72. The van der Waals surface area contributed by atoms with E-state index in [2.05, 4.69) is 31.4 Å². The van der Waals surface area contributed by atoms with Gasteiger partial charge in [0, 0.05) is 0 Å². The van der Waals surface area contributed by atoms with Crippen LogP contribution in [0.3, 0.4) is 0 Å². The molecule has 2 aromatic carbocycles. The summed E-state index contributed by atoms with van der Waals surface area (Å²) < 4.78 is 55.2. The van der Waals surface area contributed by atoms with E-state index in [4.69, 9.17) is 0 Å². The standard InChI is InChI=1S/C21H14BrF4N5O2/c1-11-17(22)18(21(24,25)26)29-30(11)10-16(32)28-31-19(12-6-2-4-8-14(12)23)27-15-9-5-3-7-13(15)20(31)33/h2-9H,10H2,1H3,(H,28,32). The highest BCUT2D eigenvalue weighted by Crippen LogP contribution is 2.35. The van der Waals surface area contributed by atoms with E-state index >= 15 is 0 Å². The lowest BCUT2D eigenvalue weighted by atomic mass is 10.2. The number of halogens is 5. The Kier molecular flexibility index (Phi) is 5.78. The van der Waals surface area contributed by atoms with Crippen LogP contribution in [0.15, 0.2) is 57.8 Å². The molecule has 0 spiro atoms. The van der Waals surface area contributed by atoms with Crippen LogP contribution in [0.5, 0.6) is 0 Å². The predicted molar refractivity (Wildman–Crippen MR) is 115 cm³/mol. The van der Waals surface area contributed by atoms with Crippen LogP contribution in [0.25, 0.3) is 22.3 Å². The zero-order chi connectivity index (χ0) is 23.9. The van der Waals surface area contributed by atoms with Crippen molar-refractivity contribution in [3.63, 3.8) is 0 Å². The van der Waals surface area contributed by atoms with Gasteiger partial charge in [-0.05, 0) is 47.1 Å². The molecule has 0 saturated carbocycles. The Morgan fingerprint density at radius 3 is 2.45 bits per heavy atom. The van der Waals surface area contributed by atoms with Gasteiger partial charge in [-0.3, -0.25) is 19.7 Å². The fourth-order valence-electron chi connectivity index (χ4n) is 3.22. The maximum atomic E-state index is 14.5. The lowest BCUT2D eigenvalue weighted by Gasteiger charge is -2.15. The van der Waals surface area contributed by atoms with Crippen molar-refractivity contribution in [3.8, 4) is 11.4 Å². The molecule has 0 atom stereocenters. The summed E-state index contributed by atoms with van der Waals surface area (Å²) in [7, 11) is 0. The van der Waals surface area contributed by atoms with Crippen LogP contribution >= 0.6 is 15.9 Å². The van der Waals surface area contributed by atoms with Crippen LogP contribution in [-0.4, -0.2) is 25.3 Å². The van der Waals surface area contributed by atoms with Crippen molar-refractivity contribution in [2.24, 2.45) is 0 Å². The molecule has 0 radical (unpaired) electrons. The number of benzene rings is 2. The molecule has 1 amide bonds. The second-order valence-corrected chi connectivity index (χ2v) is 7.80. The number of hydrogen-bond acceptors (Lipinski definition) is 4. The van der Waals surface area contributed by atoms with E-state index in [0.29, 0.717) is 0 Å². The summed E-state index contributed by atoms with van der Waals surface area (Å²) in [6, 6.07) is 11.9. The van der Waals surface area contributed by atoms with E-state index in [-0.39, 0.29) is 32.5 Å². The third-order valence-corrected chi connectivity index (χ3v) is 5.77. The number of para-hydroxylation sites is 1. The summed E-state index contributed by atoms with van der Waals surface area (Å²) in [6.45, 7) is 0.727. The second-order valence-electron chi connectivity index (χ2n) is 7.01. The summed E-state index contributed by atoms with van der Waals surface area (Å²) >= 11 is 2.84. The van der Waals surface area contributed by atoms with E-state index in [1.807, 2.05) is 0 Å². The molecule has 0 aliphatic heterocycles. The SMILES string of the molecule is Cc1c(Br)c(C(F)(F)F)nn1CC(=O)Nn1c(-c2ccccc2F)nc2ccccc2c1=O. The van der Waals surface area contributed by atoms with E-state index in [1.54, 1.807) is 18.2 Å². The highest BCUT2D eigenvalue weighted by molar-refractivity contribution is 9.10. The minimum Gasteiger partial charge on any atom is -0.271 e. The molecule has 1 N–H and O–H groups in total. The average molecular weight is 524 g/mol. The molecule has 0 saturated heterocycles. The highest BCUT2D eigenvalue weighted by atomic mass is 79.9. The van der Waals surface area contributed by atoms with Crippen LogP contribution in [-0.2, 0) is 17.5 Å². The lowest BCUT2D eigenvalue weighted by Crippen LogP contribution is -2.37. The zero-order valence-corrected chi connectivity index (χ0v) is 18.4. The van der Waals surface area contributed by atoms with E-state index in [1.165, 1.54) is 37.3 Å². The van der Waals surface area contributed by atoms with Gasteiger partial charge in [-0.15, -0.1) is 0 Å². The number of nitrogens with one attached hydrogen (secondary N) is 1. The molecule has 0 bridgehead atoms. The van der Waals surface area contributed by atoms with Gasteiger partial charge in [0.25, 0.3) is 11.5 Å². The number of aromatic nitrogens is 4. The number of nitrogens with zero attached hydrogens (tertiary/aromatic N) is 4. The normalized spacial score (nSPS) is 11.7. The Balaban J connectivity index is 1.77. The number of alkyl halides is 3. The average Bonchev–Trinajstić information content (AvgIpc) is 3.05. The Morgan fingerprint density at radius 1 is 1.12 bits per heavy atom. The molecular weight excluding hydrogens is 510 g/mol. The Bertz CT molecular complexity index is 1450. The minimum absolute atomic E-state index is 0.0435. The van der Waals surface area contributed by atoms with Crippen LogP contribution < -0.4 is 11.0 Å². The molecule has 12 heteroatoms. The number of amides is 1. The molecule has 2 aromatic heterocycles. The monoisotopic (exact) mass is 523 g/mol. The quantitative estimate of drug-likeness (QED) is 0.405. The largest absolute Gasteiger partial charge is 0.436 e. The fraction of sp³-hybridized carbons (Fsp3) is 0.143. The molecule has 4 rings (SSSR count). The van der Waals surface area contributed by atoms with E-state index < -0.39 is 35.7 Å². The first-order valence-corrected chi connectivity index (χ1v) is 10.2. The number of fused-ring (bicyclic) bond motifs is 1. The first-order chi connectivity index (χ1) is 15.6.